The van der Waals surface area contributed by atoms with Crippen molar-refractivity contribution >= 4 is 0 Å². The van der Waals surface area contributed by atoms with Crippen molar-refractivity contribution in [2.24, 2.45) is 11.8 Å². The van der Waals surface area contributed by atoms with Gasteiger partial charge in [0.15, 0.2) is 0 Å². The minimum absolute atomic E-state index is 0.693. The third-order valence-corrected chi connectivity index (χ3v) is 4.75. The highest BCUT2D eigenvalue weighted by atomic mass is 16.5. The number of fused-ring (bicyclic) bond motifs is 2. The van der Waals surface area contributed by atoms with Gasteiger partial charge in [-0.3, -0.25) is 10.00 Å². The summed E-state index contributed by atoms with van der Waals surface area (Å²) < 4.78 is 5.39. The Hall–Kier alpha value is -0.870. The second kappa shape index (κ2) is 5.63. The van der Waals surface area contributed by atoms with Gasteiger partial charge in [0.1, 0.15) is 0 Å². The van der Waals surface area contributed by atoms with Crippen molar-refractivity contribution in [2.75, 3.05) is 26.8 Å². The quantitative estimate of drug-likeness (QED) is 0.901. The average molecular weight is 263 g/mol. The maximum absolute atomic E-state index is 5.39. The molecule has 2 aliphatic rings. The van der Waals surface area contributed by atoms with Crippen molar-refractivity contribution in [1.29, 1.82) is 0 Å². The fourth-order valence-corrected chi connectivity index (χ4v) is 4.01. The van der Waals surface area contributed by atoms with Crippen molar-refractivity contribution in [3.8, 4) is 0 Å². The van der Waals surface area contributed by atoms with Crippen LogP contribution in [0.2, 0.25) is 0 Å². The van der Waals surface area contributed by atoms with E-state index in [0.29, 0.717) is 5.92 Å². The number of hydrogen-bond acceptors (Lipinski definition) is 3. The number of ether oxygens (including phenoxy) is 1. The van der Waals surface area contributed by atoms with E-state index in [-0.39, 0.29) is 0 Å². The Balaban J connectivity index is 1.78. The number of nitrogens with one attached hydrogen (secondary N) is 1. The lowest BCUT2D eigenvalue weighted by molar-refractivity contribution is 0.0167. The average Bonchev–Trinajstić information content (AvgIpc) is 2.84. The van der Waals surface area contributed by atoms with Crippen LogP contribution in [0.25, 0.3) is 0 Å². The predicted octanol–water partition coefficient (Wildman–Crippen LogP) is 1.87. The lowest BCUT2D eigenvalue weighted by Gasteiger charge is -2.46. The Kier molecular flexibility index (Phi) is 3.89. The first-order chi connectivity index (χ1) is 9.31. The van der Waals surface area contributed by atoms with E-state index in [4.69, 9.17) is 4.74 Å². The highest BCUT2D eigenvalue weighted by Gasteiger charge is 2.39. The summed E-state index contributed by atoms with van der Waals surface area (Å²) in [6.07, 6.45) is 6.95. The summed E-state index contributed by atoms with van der Waals surface area (Å²) in [6, 6.07) is 0.721. The monoisotopic (exact) mass is 263 g/mol. The summed E-state index contributed by atoms with van der Waals surface area (Å²) in [5.74, 6) is 1.45. The topological polar surface area (TPSA) is 41.1 Å². The van der Waals surface area contributed by atoms with Crippen LogP contribution in [0.15, 0.2) is 6.20 Å². The number of nitrogens with zero attached hydrogens (tertiary/aromatic N) is 2. The maximum Gasteiger partial charge on any atom is 0.0657 e. The number of aromatic amines is 1. The number of aromatic nitrogens is 2. The molecule has 1 fully saturated rings. The minimum Gasteiger partial charge on any atom is -0.384 e. The first-order valence-electron chi connectivity index (χ1n) is 7.56. The van der Waals surface area contributed by atoms with E-state index in [1.54, 1.807) is 0 Å². The molecule has 4 heteroatoms. The van der Waals surface area contributed by atoms with E-state index in [1.165, 1.54) is 43.6 Å². The van der Waals surface area contributed by atoms with Crippen molar-refractivity contribution in [2.45, 2.75) is 38.6 Å². The largest absolute Gasteiger partial charge is 0.384 e. The second-order valence-electron chi connectivity index (χ2n) is 6.14. The molecule has 1 aliphatic heterocycles. The smallest absolute Gasteiger partial charge is 0.0657 e. The van der Waals surface area contributed by atoms with Gasteiger partial charge in [0, 0.05) is 25.9 Å². The van der Waals surface area contributed by atoms with Gasteiger partial charge < -0.3 is 4.74 Å². The van der Waals surface area contributed by atoms with Gasteiger partial charge in [-0.15, -0.1) is 0 Å². The van der Waals surface area contributed by atoms with Gasteiger partial charge in [-0.25, -0.2) is 0 Å². The van der Waals surface area contributed by atoms with Gasteiger partial charge >= 0.3 is 0 Å². The first kappa shape index (κ1) is 13.1. The van der Waals surface area contributed by atoms with E-state index in [0.717, 1.165) is 25.0 Å². The van der Waals surface area contributed by atoms with Crippen LogP contribution in [0.4, 0.5) is 0 Å². The van der Waals surface area contributed by atoms with E-state index >= 15 is 0 Å². The van der Waals surface area contributed by atoms with E-state index < -0.39 is 0 Å². The molecule has 1 N–H and O–H groups in total. The molecule has 19 heavy (non-hydrogen) atoms. The molecule has 3 rings (SSSR count). The summed E-state index contributed by atoms with van der Waals surface area (Å²) in [5, 5.41) is 7.45. The Bertz CT molecular complexity index is 417. The van der Waals surface area contributed by atoms with Crippen LogP contribution in [0, 0.1) is 11.8 Å². The summed E-state index contributed by atoms with van der Waals surface area (Å²) in [7, 11) is 1.82. The highest BCUT2D eigenvalue weighted by molar-refractivity contribution is 5.23. The number of methoxy groups -OCH3 is 1. The van der Waals surface area contributed by atoms with Crippen LogP contribution in [0.1, 0.15) is 31.0 Å². The summed E-state index contributed by atoms with van der Waals surface area (Å²) in [5.41, 5.74) is 2.74. The molecule has 106 valence electrons. The van der Waals surface area contributed by atoms with Gasteiger partial charge in [-0.1, -0.05) is 6.92 Å². The van der Waals surface area contributed by atoms with Crippen molar-refractivity contribution in [3.05, 3.63) is 17.5 Å². The minimum atomic E-state index is 0.693. The van der Waals surface area contributed by atoms with Crippen LogP contribution >= 0.6 is 0 Å². The number of piperidine rings is 1. The van der Waals surface area contributed by atoms with E-state index in [2.05, 4.69) is 28.2 Å². The molecule has 2 heterocycles. The van der Waals surface area contributed by atoms with Crippen LogP contribution in [-0.2, 0) is 17.6 Å². The molecule has 1 saturated heterocycles. The molecule has 1 aliphatic carbocycles. The molecule has 0 amide bonds. The van der Waals surface area contributed by atoms with Gasteiger partial charge in [0.05, 0.1) is 12.3 Å². The van der Waals surface area contributed by atoms with Gasteiger partial charge in [-0.2, -0.15) is 5.10 Å². The number of H-pyrrole nitrogens is 1. The molecule has 1 aromatic rings. The summed E-state index contributed by atoms with van der Waals surface area (Å²) >= 11 is 0. The van der Waals surface area contributed by atoms with Crippen LogP contribution < -0.4 is 0 Å². The van der Waals surface area contributed by atoms with Gasteiger partial charge in [0.2, 0.25) is 0 Å². The second-order valence-corrected chi connectivity index (χ2v) is 6.14. The molecule has 1 aromatic heterocycles. The van der Waals surface area contributed by atoms with Crippen molar-refractivity contribution < 1.29 is 4.74 Å². The predicted molar refractivity (Wildman–Crippen MR) is 75.1 cm³/mol. The zero-order valence-corrected chi connectivity index (χ0v) is 12.1. The fourth-order valence-electron chi connectivity index (χ4n) is 4.01. The molecule has 0 spiro atoms. The number of likely N-dealkylation sites (tertiary alicyclic amines) is 1. The van der Waals surface area contributed by atoms with Gasteiger partial charge in [-0.05, 0) is 49.6 Å². The zero-order valence-electron chi connectivity index (χ0n) is 12.1. The lowest BCUT2D eigenvalue weighted by atomic mass is 9.74. The number of rotatable bonds is 4. The lowest BCUT2D eigenvalue weighted by Crippen LogP contribution is -2.52. The first-order valence-corrected chi connectivity index (χ1v) is 7.56. The van der Waals surface area contributed by atoms with E-state index in [1.807, 2.05) is 7.11 Å². The maximum atomic E-state index is 5.39. The van der Waals surface area contributed by atoms with Crippen LogP contribution in [-0.4, -0.2) is 47.9 Å². The molecule has 4 nitrogen and oxygen atoms in total. The molecule has 3 atom stereocenters. The Morgan fingerprint density at radius 3 is 3.16 bits per heavy atom. The Labute approximate surface area is 115 Å². The summed E-state index contributed by atoms with van der Waals surface area (Å²) in [4.78, 5) is 2.70. The Morgan fingerprint density at radius 2 is 2.37 bits per heavy atom. The van der Waals surface area contributed by atoms with Crippen LogP contribution in [0.5, 0.6) is 0 Å². The highest BCUT2D eigenvalue weighted by Crippen LogP contribution is 2.36. The standard InChI is InChI=1S/C15H25N3O/c1-3-4-18-9-11(10-19-2)5-12-6-14-13(7-15(12)18)8-16-17-14/h8,11-12,15H,3-7,9-10H2,1-2H3,(H,16,17). The molecule has 0 radical (unpaired) electrons. The molecule has 0 saturated carbocycles. The van der Waals surface area contributed by atoms with Crippen molar-refractivity contribution in [3.63, 3.8) is 0 Å². The van der Waals surface area contributed by atoms with Crippen molar-refractivity contribution in [1.82, 2.24) is 15.1 Å². The SMILES string of the molecule is CCCN1CC(COC)CC2Cc3n[nH]cc3CC21. The van der Waals surface area contributed by atoms with Crippen LogP contribution in [0.3, 0.4) is 0 Å². The molecular formula is C15H25N3O. The third-order valence-electron chi connectivity index (χ3n) is 4.75. The molecular weight excluding hydrogens is 238 g/mol. The zero-order chi connectivity index (χ0) is 13.2. The summed E-state index contributed by atoms with van der Waals surface area (Å²) in [6.45, 7) is 5.60. The fraction of sp³-hybridized carbons (Fsp3) is 0.800. The van der Waals surface area contributed by atoms with Gasteiger partial charge in [0.25, 0.3) is 0 Å². The third kappa shape index (κ3) is 2.56. The number of hydrogen-bond donors (Lipinski definition) is 1. The molecule has 0 bridgehead atoms. The molecule has 3 unspecified atom stereocenters. The Morgan fingerprint density at radius 1 is 1.47 bits per heavy atom. The normalized spacial score (nSPS) is 30.9. The van der Waals surface area contributed by atoms with E-state index in [9.17, 15) is 0 Å². The molecule has 0 aromatic carbocycles.